The van der Waals surface area contributed by atoms with E-state index in [1.807, 2.05) is 29.5 Å². The molecule has 9 aromatic carbocycles. The van der Waals surface area contributed by atoms with Crippen molar-refractivity contribution in [1.29, 1.82) is 0 Å². The highest BCUT2D eigenvalue weighted by Crippen LogP contribution is 2.56. The van der Waals surface area contributed by atoms with Crippen LogP contribution in [0.15, 0.2) is 231 Å². The van der Waals surface area contributed by atoms with Crippen LogP contribution in [0.2, 0.25) is 0 Å². The van der Waals surface area contributed by atoms with E-state index in [1.165, 1.54) is 70.2 Å². The summed E-state index contributed by atoms with van der Waals surface area (Å²) in [6.45, 7) is 0. The van der Waals surface area contributed by atoms with Gasteiger partial charge in [-0.05, 0) is 86.0 Å². The van der Waals surface area contributed by atoms with Gasteiger partial charge < -0.3 is 0 Å². The van der Waals surface area contributed by atoms with E-state index in [-0.39, 0.29) is 0 Å². The summed E-state index contributed by atoms with van der Waals surface area (Å²) in [5, 5.41) is 2.62. The van der Waals surface area contributed by atoms with Crippen LogP contribution in [0, 0.1) is 0 Å². The van der Waals surface area contributed by atoms with Crippen LogP contribution in [-0.2, 0) is 5.41 Å². The fraction of sp³-hybridized carbons (Fsp3) is 0.0169. The number of aromatic nitrogens is 2. The quantitative estimate of drug-likeness (QED) is 0.160. The minimum atomic E-state index is -0.444. The van der Waals surface area contributed by atoms with Gasteiger partial charge in [-0.3, -0.25) is 0 Å². The molecule has 11 aromatic rings. The molecule has 12 rings (SSSR count). The molecule has 0 amide bonds. The summed E-state index contributed by atoms with van der Waals surface area (Å²) in [7, 11) is 0. The summed E-state index contributed by atoms with van der Waals surface area (Å²) < 4.78 is 2.63. The monoisotopic (exact) mass is 806 g/mol. The first-order valence-electron chi connectivity index (χ1n) is 21.1. The van der Waals surface area contributed by atoms with Crippen molar-refractivity contribution in [3.05, 3.63) is 253 Å². The average Bonchev–Trinajstić information content (AvgIpc) is 3.88. The lowest BCUT2D eigenvalue weighted by atomic mass is 9.67. The average molecular weight is 807 g/mol. The molecule has 0 aliphatic heterocycles. The zero-order valence-electron chi connectivity index (χ0n) is 33.7. The Hall–Kier alpha value is -7.72. The van der Waals surface area contributed by atoms with Crippen molar-refractivity contribution in [3.8, 4) is 67.3 Å². The normalized spacial score (nSPS) is 12.6. The van der Waals surface area contributed by atoms with Crippen LogP contribution in [0.5, 0.6) is 0 Å². The lowest BCUT2D eigenvalue weighted by Gasteiger charge is -2.34. The molecule has 0 unspecified atom stereocenters. The van der Waals surface area contributed by atoms with Crippen LogP contribution in [-0.4, -0.2) is 9.97 Å². The molecule has 2 aromatic heterocycles. The predicted octanol–water partition coefficient (Wildman–Crippen LogP) is 15.5. The van der Waals surface area contributed by atoms with Crippen molar-refractivity contribution in [2.45, 2.75) is 5.41 Å². The van der Waals surface area contributed by atoms with Gasteiger partial charge in [0, 0.05) is 36.9 Å². The molecule has 3 heteroatoms. The molecule has 2 heterocycles. The van der Waals surface area contributed by atoms with Crippen molar-refractivity contribution in [2.75, 3.05) is 0 Å². The SMILES string of the molecule is c1ccc(-c2nc(-c3ccc(-c4ccc5c(c4)C(c4ccccc4)(c4ccccc4)c4ccccc4-5)cc3)cc(-c3ccc(-c4ccc5sc6ccccc6c5c4)cc3)n2)cc1. The van der Waals surface area contributed by atoms with Crippen molar-refractivity contribution in [3.63, 3.8) is 0 Å². The molecule has 1 aliphatic rings. The topological polar surface area (TPSA) is 25.8 Å². The predicted molar refractivity (Wildman–Crippen MR) is 259 cm³/mol. The molecule has 0 saturated heterocycles. The molecule has 62 heavy (non-hydrogen) atoms. The van der Waals surface area contributed by atoms with Crippen molar-refractivity contribution in [2.24, 2.45) is 0 Å². The molecule has 0 radical (unpaired) electrons. The number of thiophene rings is 1. The Labute approximate surface area is 365 Å². The standard InChI is InChI=1S/C59H38N2S/c1-4-14-43(15-5-1)58-60-54(41-28-24-39(25-29-41)44-33-35-57-51(36-44)50-21-11-13-23-56(50)62-57)38-55(61-58)42-30-26-40(27-31-42)45-32-34-49-48-20-10-12-22-52(48)59(53(49)37-45,46-16-6-2-7-17-46)47-18-8-3-9-19-47/h1-38H. The third kappa shape index (κ3) is 5.93. The minimum absolute atomic E-state index is 0.444. The molecule has 1 aliphatic carbocycles. The van der Waals surface area contributed by atoms with Crippen molar-refractivity contribution in [1.82, 2.24) is 9.97 Å². The molecule has 290 valence electrons. The van der Waals surface area contributed by atoms with Crippen molar-refractivity contribution < 1.29 is 0 Å². The highest BCUT2D eigenvalue weighted by atomic mass is 32.1. The number of hydrogen-bond acceptors (Lipinski definition) is 3. The smallest absolute Gasteiger partial charge is 0.160 e. The highest BCUT2D eigenvalue weighted by Gasteiger charge is 2.46. The Morgan fingerprint density at radius 1 is 0.306 bits per heavy atom. The second kappa shape index (κ2) is 14.8. The van der Waals surface area contributed by atoms with Gasteiger partial charge in [-0.1, -0.05) is 200 Å². The molecule has 0 bridgehead atoms. The first-order valence-corrected chi connectivity index (χ1v) is 22.0. The van der Waals surface area contributed by atoms with Crippen LogP contribution in [0.25, 0.3) is 87.5 Å². The Kier molecular flexibility index (Phi) is 8.62. The number of hydrogen-bond donors (Lipinski definition) is 0. The van der Waals surface area contributed by atoms with Gasteiger partial charge >= 0.3 is 0 Å². The summed E-state index contributed by atoms with van der Waals surface area (Å²) in [4.78, 5) is 10.3. The lowest BCUT2D eigenvalue weighted by molar-refractivity contribution is 0.769. The van der Waals surface area contributed by atoms with Crippen LogP contribution in [0.4, 0.5) is 0 Å². The van der Waals surface area contributed by atoms with E-state index in [9.17, 15) is 0 Å². The Morgan fingerprint density at radius 3 is 1.45 bits per heavy atom. The minimum Gasteiger partial charge on any atom is -0.228 e. The second-order valence-electron chi connectivity index (χ2n) is 16.1. The number of benzene rings is 9. The molecular formula is C59H38N2S. The first-order chi connectivity index (χ1) is 30.7. The van der Waals surface area contributed by atoms with Gasteiger partial charge in [-0.2, -0.15) is 0 Å². The number of rotatable bonds is 7. The lowest BCUT2D eigenvalue weighted by Crippen LogP contribution is -2.28. The molecular weight excluding hydrogens is 769 g/mol. The number of fused-ring (bicyclic) bond motifs is 6. The summed E-state index contributed by atoms with van der Waals surface area (Å²) in [6, 6.07) is 83.5. The van der Waals surface area contributed by atoms with E-state index in [1.54, 1.807) is 0 Å². The summed E-state index contributed by atoms with van der Waals surface area (Å²) >= 11 is 1.85. The third-order valence-electron chi connectivity index (χ3n) is 12.6. The van der Waals surface area contributed by atoms with Crippen molar-refractivity contribution >= 4 is 31.5 Å². The number of nitrogens with zero attached hydrogens (tertiary/aromatic N) is 2. The summed E-state index contributed by atoms with van der Waals surface area (Å²) in [5.74, 6) is 0.706. The highest BCUT2D eigenvalue weighted by molar-refractivity contribution is 7.25. The largest absolute Gasteiger partial charge is 0.228 e. The van der Waals surface area contributed by atoms with E-state index in [4.69, 9.17) is 9.97 Å². The first kappa shape index (κ1) is 36.2. The van der Waals surface area contributed by atoms with Gasteiger partial charge in [-0.25, -0.2) is 9.97 Å². The van der Waals surface area contributed by atoms with Gasteiger partial charge in [0.25, 0.3) is 0 Å². The van der Waals surface area contributed by atoms with Crippen LogP contribution in [0.1, 0.15) is 22.3 Å². The zero-order chi connectivity index (χ0) is 41.0. The maximum absolute atomic E-state index is 5.16. The summed E-state index contributed by atoms with van der Waals surface area (Å²) in [5.41, 5.74) is 16.8. The van der Waals surface area contributed by atoms with Gasteiger partial charge in [0.15, 0.2) is 5.82 Å². The molecule has 0 fully saturated rings. The van der Waals surface area contributed by atoms with E-state index in [0.717, 1.165) is 33.6 Å². The van der Waals surface area contributed by atoms with E-state index in [0.29, 0.717) is 5.82 Å². The van der Waals surface area contributed by atoms with Gasteiger partial charge in [0.2, 0.25) is 0 Å². The summed E-state index contributed by atoms with van der Waals surface area (Å²) in [6.07, 6.45) is 0. The van der Waals surface area contributed by atoms with Gasteiger partial charge in [-0.15, -0.1) is 11.3 Å². The Balaban J connectivity index is 0.921. The molecule has 0 N–H and O–H groups in total. The fourth-order valence-electron chi connectivity index (χ4n) is 9.66. The van der Waals surface area contributed by atoms with Crippen LogP contribution < -0.4 is 0 Å². The van der Waals surface area contributed by atoms with Gasteiger partial charge in [0.05, 0.1) is 16.8 Å². The van der Waals surface area contributed by atoms with E-state index in [2.05, 4.69) is 212 Å². The maximum Gasteiger partial charge on any atom is 0.160 e. The van der Waals surface area contributed by atoms with Gasteiger partial charge in [0.1, 0.15) is 0 Å². The molecule has 0 atom stereocenters. The third-order valence-corrected chi connectivity index (χ3v) is 13.8. The zero-order valence-corrected chi connectivity index (χ0v) is 34.6. The van der Waals surface area contributed by atoms with E-state index >= 15 is 0 Å². The Bertz CT molecular complexity index is 3390. The van der Waals surface area contributed by atoms with E-state index < -0.39 is 5.41 Å². The maximum atomic E-state index is 5.16. The van der Waals surface area contributed by atoms with Crippen LogP contribution in [0.3, 0.4) is 0 Å². The molecule has 0 saturated carbocycles. The Morgan fingerprint density at radius 2 is 0.790 bits per heavy atom. The fourth-order valence-corrected chi connectivity index (χ4v) is 10.7. The second-order valence-corrected chi connectivity index (χ2v) is 17.2. The molecule has 2 nitrogen and oxygen atoms in total. The molecule has 0 spiro atoms. The van der Waals surface area contributed by atoms with Crippen LogP contribution >= 0.6 is 11.3 Å².